The molecule has 0 saturated carbocycles. The topological polar surface area (TPSA) is 80.6 Å². The molecule has 0 atom stereocenters. The molecule has 2 aliphatic heterocycles. The fourth-order valence-electron chi connectivity index (χ4n) is 4.47. The van der Waals surface area contributed by atoms with Gasteiger partial charge in [0.15, 0.2) is 5.82 Å². The standard InChI is InChI=1S/C22H27N5O3S/c1-25-16-23-21-20(25)15-19(24-22(21)26-11-13-30-14-12-26)17-7-9-27(10-8-17)31(28,29)18-5-3-2-4-6-18/h2-6,15-17H,7-14H2,1H3. The number of sulfonamides is 1. The lowest BCUT2D eigenvalue weighted by molar-refractivity contribution is 0.122. The summed E-state index contributed by atoms with van der Waals surface area (Å²) >= 11 is 0. The van der Waals surface area contributed by atoms with Crippen molar-refractivity contribution in [2.45, 2.75) is 23.7 Å². The lowest BCUT2D eigenvalue weighted by atomic mass is 9.94. The lowest BCUT2D eigenvalue weighted by Crippen LogP contribution is -2.38. The highest BCUT2D eigenvalue weighted by molar-refractivity contribution is 7.89. The van der Waals surface area contributed by atoms with Crippen molar-refractivity contribution in [1.82, 2.24) is 18.8 Å². The summed E-state index contributed by atoms with van der Waals surface area (Å²) < 4.78 is 35.0. The number of imidazole rings is 1. The Labute approximate surface area is 182 Å². The fraction of sp³-hybridized carbons (Fsp3) is 0.455. The Bertz CT molecular complexity index is 1160. The summed E-state index contributed by atoms with van der Waals surface area (Å²) in [5.41, 5.74) is 3.00. The Balaban J connectivity index is 1.40. The van der Waals surface area contributed by atoms with Crippen LogP contribution in [-0.4, -0.2) is 66.7 Å². The second-order valence-electron chi connectivity index (χ2n) is 8.18. The molecule has 4 heterocycles. The summed E-state index contributed by atoms with van der Waals surface area (Å²) in [6.07, 6.45) is 3.34. The number of morpholine rings is 1. The van der Waals surface area contributed by atoms with Gasteiger partial charge in [0.1, 0.15) is 5.52 Å². The number of hydrogen-bond acceptors (Lipinski definition) is 6. The molecule has 2 fully saturated rings. The molecule has 0 radical (unpaired) electrons. The van der Waals surface area contributed by atoms with Gasteiger partial charge in [0.2, 0.25) is 10.0 Å². The molecule has 5 rings (SSSR count). The van der Waals surface area contributed by atoms with E-state index in [0.717, 1.165) is 48.5 Å². The fourth-order valence-corrected chi connectivity index (χ4v) is 5.96. The Morgan fingerprint density at radius 2 is 1.74 bits per heavy atom. The molecule has 0 spiro atoms. The maximum atomic E-state index is 13.0. The molecule has 2 saturated heterocycles. The van der Waals surface area contributed by atoms with Crippen LogP contribution < -0.4 is 4.90 Å². The first-order chi connectivity index (χ1) is 15.0. The van der Waals surface area contributed by atoms with Crippen LogP contribution in [0.15, 0.2) is 47.6 Å². The van der Waals surface area contributed by atoms with E-state index in [-0.39, 0.29) is 5.92 Å². The monoisotopic (exact) mass is 441 g/mol. The zero-order valence-electron chi connectivity index (χ0n) is 17.6. The minimum absolute atomic E-state index is 0.223. The number of fused-ring (bicyclic) bond motifs is 1. The summed E-state index contributed by atoms with van der Waals surface area (Å²) in [6, 6.07) is 10.8. The van der Waals surface area contributed by atoms with E-state index in [1.54, 1.807) is 28.6 Å². The number of rotatable bonds is 4. The molecular formula is C22H27N5O3S. The Morgan fingerprint density at radius 1 is 1.03 bits per heavy atom. The van der Waals surface area contributed by atoms with E-state index in [1.807, 2.05) is 24.0 Å². The van der Waals surface area contributed by atoms with Crippen LogP contribution in [0.1, 0.15) is 24.5 Å². The maximum Gasteiger partial charge on any atom is 0.243 e. The van der Waals surface area contributed by atoms with E-state index in [2.05, 4.69) is 16.0 Å². The van der Waals surface area contributed by atoms with Crippen molar-refractivity contribution < 1.29 is 13.2 Å². The molecule has 0 unspecified atom stereocenters. The van der Waals surface area contributed by atoms with E-state index in [4.69, 9.17) is 9.72 Å². The van der Waals surface area contributed by atoms with Crippen molar-refractivity contribution in [3.05, 3.63) is 48.4 Å². The molecule has 2 aromatic heterocycles. The number of aryl methyl sites for hydroxylation is 1. The Morgan fingerprint density at radius 3 is 2.45 bits per heavy atom. The molecule has 0 amide bonds. The van der Waals surface area contributed by atoms with Crippen LogP contribution in [0.3, 0.4) is 0 Å². The van der Waals surface area contributed by atoms with Crippen LogP contribution in [0.2, 0.25) is 0 Å². The van der Waals surface area contributed by atoms with Gasteiger partial charge in [-0.15, -0.1) is 0 Å². The van der Waals surface area contributed by atoms with Crippen molar-refractivity contribution in [2.24, 2.45) is 7.05 Å². The third kappa shape index (κ3) is 3.81. The van der Waals surface area contributed by atoms with Gasteiger partial charge in [-0.05, 0) is 31.0 Å². The van der Waals surface area contributed by atoms with E-state index in [1.165, 1.54) is 0 Å². The van der Waals surface area contributed by atoms with E-state index < -0.39 is 10.0 Å². The predicted octanol–water partition coefficient (Wildman–Crippen LogP) is 2.37. The van der Waals surface area contributed by atoms with Crippen LogP contribution in [0, 0.1) is 0 Å². The number of benzene rings is 1. The van der Waals surface area contributed by atoms with Crippen molar-refractivity contribution in [1.29, 1.82) is 0 Å². The van der Waals surface area contributed by atoms with Gasteiger partial charge >= 0.3 is 0 Å². The van der Waals surface area contributed by atoms with Gasteiger partial charge < -0.3 is 14.2 Å². The summed E-state index contributed by atoms with van der Waals surface area (Å²) in [7, 11) is -1.45. The number of anilines is 1. The third-order valence-corrected chi connectivity index (χ3v) is 8.19. The molecule has 3 aromatic rings. The molecule has 164 valence electrons. The van der Waals surface area contributed by atoms with Gasteiger partial charge in [-0.1, -0.05) is 18.2 Å². The third-order valence-electron chi connectivity index (χ3n) is 6.28. The number of nitrogens with zero attached hydrogens (tertiary/aromatic N) is 5. The van der Waals surface area contributed by atoms with Gasteiger partial charge in [-0.3, -0.25) is 0 Å². The number of hydrogen-bond donors (Lipinski definition) is 0. The molecule has 9 heteroatoms. The number of piperidine rings is 1. The minimum Gasteiger partial charge on any atom is -0.378 e. The second-order valence-corrected chi connectivity index (χ2v) is 10.1. The molecular weight excluding hydrogens is 414 g/mol. The van der Waals surface area contributed by atoms with Gasteiger partial charge in [0.05, 0.1) is 30.0 Å². The highest BCUT2D eigenvalue weighted by Crippen LogP contribution is 2.34. The highest BCUT2D eigenvalue weighted by atomic mass is 32.2. The van der Waals surface area contributed by atoms with Crippen molar-refractivity contribution in [3.63, 3.8) is 0 Å². The number of ether oxygens (including phenoxy) is 1. The van der Waals surface area contributed by atoms with Crippen LogP contribution in [-0.2, 0) is 21.8 Å². The normalized spacial score (nSPS) is 19.2. The maximum absolute atomic E-state index is 13.0. The second kappa shape index (κ2) is 8.22. The van der Waals surface area contributed by atoms with Crippen LogP contribution >= 0.6 is 0 Å². The van der Waals surface area contributed by atoms with Gasteiger partial charge in [-0.25, -0.2) is 18.4 Å². The summed E-state index contributed by atoms with van der Waals surface area (Å²) in [5.74, 6) is 1.14. The van der Waals surface area contributed by atoms with Crippen LogP contribution in [0.4, 0.5) is 5.82 Å². The summed E-state index contributed by atoms with van der Waals surface area (Å²) in [5, 5.41) is 0. The first-order valence-electron chi connectivity index (χ1n) is 10.7. The first kappa shape index (κ1) is 20.4. The van der Waals surface area contributed by atoms with Gasteiger partial charge in [0.25, 0.3) is 0 Å². The first-order valence-corrected chi connectivity index (χ1v) is 12.2. The smallest absolute Gasteiger partial charge is 0.243 e. The molecule has 1 aromatic carbocycles. The zero-order chi connectivity index (χ0) is 21.4. The lowest BCUT2D eigenvalue weighted by Gasteiger charge is -2.32. The van der Waals surface area contributed by atoms with Gasteiger partial charge in [0, 0.05) is 44.8 Å². The largest absolute Gasteiger partial charge is 0.378 e. The van der Waals surface area contributed by atoms with E-state index in [9.17, 15) is 8.42 Å². The average Bonchev–Trinajstić information content (AvgIpc) is 3.20. The van der Waals surface area contributed by atoms with Crippen LogP contribution in [0.5, 0.6) is 0 Å². The van der Waals surface area contributed by atoms with Gasteiger partial charge in [-0.2, -0.15) is 4.31 Å². The Kier molecular flexibility index (Phi) is 5.41. The van der Waals surface area contributed by atoms with Crippen molar-refractivity contribution >= 4 is 26.9 Å². The van der Waals surface area contributed by atoms with Crippen molar-refractivity contribution in [2.75, 3.05) is 44.3 Å². The van der Waals surface area contributed by atoms with Crippen LogP contribution in [0.25, 0.3) is 11.0 Å². The van der Waals surface area contributed by atoms with Crippen molar-refractivity contribution in [3.8, 4) is 0 Å². The molecule has 0 bridgehead atoms. The average molecular weight is 442 g/mol. The molecule has 31 heavy (non-hydrogen) atoms. The quantitative estimate of drug-likeness (QED) is 0.618. The number of aromatic nitrogens is 3. The molecule has 8 nitrogen and oxygen atoms in total. The molecule has 0 N–H and O–H groups in total. The van der Waals surface area contributed by atoms with E-state index >= 15 is 0 Å². The minimum atomic E-state index is -3.45. The number of pyridine rings is 1. The van der Waals surface area contributed by atoms with E-state index in [0.29, 0.717) is 31.2 Å². The highest BCUT2D eigenvalue weighted by Gasteiger charge is 2.31. The summed E-state index contributed by atoms with van der Waals surface area (Å²) in [4.78, 5) is 12.2. The zero-order valence-corrected chi connectivity index (χ0v) is 18.5. The molecule has 2 aliphatic rings. The Hall–Kier alpha value is -2.49. The summed E-state index contributed by atoms with van der Waals surface area (Å²) in [6.45, 7) is 3.98. The SMILES string of the molecule is Cn1cnc2c(N3CCOCC3)nc(C3CCN(S(=O)(=O)c4ccccc4)CC3)cc21. The predicted molar refractivity (Wildman–Crippen MR) is 119 cm³/mol. The molecule has 0 aliphatic carbocycles.